The van der Waals surface area contributed by atoms with Crippen LogP contribution in [0.4, 0.5) is 10.1 Å². The summed E-state index contributed by atoms with van der Waals surface area (Å²) in [6, 6.07) is 11.6. The van der Waals surface area contributed by atoms with Crippen LogP contribution >= 0.6 is 0 Å². The molecule has 0 aliphatic carbocycles. The van der Waals surface area contributed by atoms with E-state index in [1.807, 2.05) is 32.0 Å². The van der Waals surface area contributed by atoms with Crippen LogP contribution in [0.3, 0.4) is 0 Å². The molecule has 1 heterocycles. The smallest absolute Gasteiger partial charge is 0.253 e. The summed E-state index contributed by atoms with van der Waals surface area (Å²) in [5.41, 5.74) is 3.19. The number of anilines is 1. The second-order valence-corrected chi connectivity index (χ2v) is 6.97. The fraction of sp³-hybridized carbons (Fsp3) is 0.333. The van der Waals surface area contributed by atoms with E-state index in [9.17, 15) is 14.0 Å². The molecule has 1 aliphatic heterocycles. The van der Waals surface area contributed by atoms with Crippen molar-refractivity contribution in [2.75, 3.05) is 18.4 Å². The predicted molar refractivity (Wildman–Crippen MR) is 99.6 cm³/mol. The lowest BCUT2D eigenvalue weighted by Gasteiger charge is -2.32. The van der Waals surface area contributed by atoms with Gasteiger partial charge in [-0.3, -0.25) is 9.59 Å². The first kappa shape index (κ1) is 18.1. The molecule has 3 rings (SSSR count). The third-order valence-electron chi connectivity index (χ3n) is 4.64. The van der Waals surface area contributed by atoms with Crippen molar-refractivity contribution in [3.63, 3.8) is 0 Å². The molecule has 0 radical (unpaired) electrons. The van der Waals surface area contributed by atoms with Crippen LogP contribution in [0.15, 0.2) is 42.5 Å². The van der Waals surface area contributed by atoms with E-state index >= 15 is 0 Å². The van der Waals surface area contributed by atoms with Gasteiger partial charge in [-0.05, 0) is 57.0 Å². The molecule has 1 unspecified atom stereocenters. The highest BCUT2D eigenvalue weighted by Gasteiger charge is 2.29. The summed E-state index contributed by atoms with van der Waals surface area (Å²) >= 11 is 0. The van der Waals surface area contributed by atoms with Gasteiger partial charge in [-0.1, -0.05) is 23.3 Å². The lowest BCUT2D eigenvalue weighted by molar-refractivity contribution is -0.121. The molecule has 0 saturated carbocycles. The standard InChI is InChI=1S/C21H23FN2O2/c1-14-9-15(2)11-17(10-14)21(26)24-8-4-5-16(13-24)20(25)23-19-7-3-6-18(22)12-19/h3,6-7,9-12,16H,4-5,8,13H2,1-2H3,(H,23,25). The number of nitrogens with one attached hydrogen (secondary N) is 1. The molecular formula is C21H23FN2O2. The van der Waals surface area contributed by atoms with E-state index in [1.165, 1.54) is 12.1 Å². The van der Waals surface area contributed by atoms with E-state index in [0.717, 1.165) is 24.0 Å². The zero-order chi connectivity index (χ0) is 18.7. The number of carbonyl (C=O) groups excluding carboxylic acids is 2. The van der Waals surface area contributed by atoms with Gasteiger partial charge in [-0.25, -0.2) is 4.39 Å². The van der Waals surface area contributed by atoms with Crippen LogP contribution in [0, 0.1) is 25.6 Å². The number of hydrogen-bond donors (Lipinski definition) is 1. The number of carbonyl (C=O) groups is 2. The number of hydrogen-bond acceptors (Lipinski definition) is 2. The largest absolute Gasteiger partial charge is 0.338 e. The van der Waals surface area contributed by atoms with Gasteiger partial charge >= 0.3 is 0 Å². The van der Waals surface area contributed by atoms with Crippen LogP contribution in [-0.4, -0.2) is 29.8 Å². The van der Waals surface area contributed by atoms with E-state index in [4.69, 9.17) is 0 Å². The Balaban J connectivity index is 1.68. The van der Waals surface area contributed by atoms with Crippen molar-refractivity contribution >= 4 is 17.5 Å². The molecule has 2 aromatic rings. The monoisotopic (exact) mass is 354 g/mol. The Morgan fingerprint density at radius 2 is 1.85 bits per heavy atom. The summed E-state index contributed by atoms with van der Waals surface area (Å²) < 4.78 is 13.3. The molecule has 1 saturated heterocycles. The van der Waals surface area contributed by atoms with Gasteiger partial charge in [-0.2, -0.15) is 0 Å². The predicted octanol–water partition coefficient (Wildman–Crippen LogP) is 3.93. The van der Waals surface area contributed by atoms with Crippen molar-refractivity contribution < 1.29 is 14.0 Å². The molecule has 2 aromatic carbocycles. The van der Waals surface area contributed by atoms with E-state index < -0.39 is 5.82 Å². The van der Waals surface area contributed by atoms with E-state index in [-0.39, 0.29) is 17.7 Å². The van der Waals surface area contributed by atoms with Crippen LogP contribution in [0.5, 0.6) is 0 Å². The Morgan fingerprint density at radius 1 is 1.12 bits per heavy atom. The molecule has 1 aliphatic rings. The summed E-state index contributed by atoms with van der Waals surface area (Å²) in [4.78, 5) is 27.1. The Morgan fingerprint density at radius 3 is 2.54 bits per heavy atom. The highest BCUT2D eigenvalue weighted by molar-refractivity contribution is 5.96. The van der Waals surface area contributed by atoms with Crippen LogP contribution in [0.25, 0.3) is 0 Å². The molecule has 1 N–H and O–H groups in total. The summed E-state index contributed by atoms with van der Waals surface area (Å²) in [6.07, 6.45) is 1.50. The maximum atomic E-state index is 13.3. The number of halogens is 1. The van der Waals surface area contributed by atoms with Crippen LogP contribution in [-0.2, 0) is 4.79 Å². The molecule has 0 spiro atoms. The molecule has 136 valence electrons. The Labute approximate surface area is 153 Å². The molecule has 5 heteroatoms. The van der Waals surface area contributed by atoms with E-state index in [1.54, 1.807) is 17.0 Å². The van der Waals surface area contributed by atoms with Crippen LogP contribution in [0.2, 0.25) is 0 Å². The fourth-order valence-electron chi connectivity index (χ4n) is 3.47. The van der Waals surface area contributed by atoms with Gasteiger partial charge in [0.05, 0.1) is 5.92 Å². The highest BCUT2D eigenvalue weighted by Crippen LogP contribution is 2.21. The number of nitrogens with zero attached hydrogens (tertiary/aromatic N) is 1. The van der Waals surface area contributed by atoms with E-state index in [2.05, 4.69) is 5.32 Å². The SMILES string of the molecule is Cc1cc(C)cc(C(=O)N2CCCC(C(=O)Nc3cccc(F)c3)C2)c1. The summed E-state index contributed by atoms with van der Waals surface area (Å²) in [5, 5.41) is 2.75. The van der Waals surface area contributed by atoms with Crippen molar-refractivity contribution in [3.05, 3.63) is 65.0 Å². The molecule has 1 fully saturated rings. The first-order chi connectivity index (χ1) is 12.4. The number of aryl methyl sites for hydroxylation is 2. The first-order valence-corrected chi connectivity index (χ1v) is 8.86. The Kier molecular flexibility index (Phi) is 5.35. The maximum Gasteiger partial charge on any atom is 0.253 e. The van der Waals surface area contributed by atoms with Gasteiger partial charge in [-0.15, -0.1) is 0 Å². The molecule has 0 bridgehead atoms. The average molecular weight is 354 g/mol. The summed E-state index contributed by atoms with van der Waals surface area (Å²) in [6.45, 7) is 4.97. The highest BCUT2D eigenvalue weighted by atomic mass is 19.1. The van der Waals surface area contributed by atoms with E-state index in [0.29, 0.717) is 24.3 Å². The molecule has 4 nitrogen and oxygen atoms in total. The van der Waals surface area contributed by atoms with Gasteiger partial charge in [0, 0.05) is 24.3 Å². The van der Waals surface area contributed by atoms with Gasteiger partial charge in [0.15, 0.2) is 0 Å². The Hall–Kier alpha value is -2.69. The van der Waals surface area contributed by atoms with Crippen molar-refractivity contribution in [3.8, 4) is 0 Å². The van der Waals surface area contributed by atoms with Crippen molar-refractivity contribution in [1.82, 2.24) is 4.90 Å². The molecule has 2 amide bonds. The normalized spacial score (nSPS) is 17.0. The lowest BCUT2D eigenvalue weighted by atomic mass is 9.96. The molecular weight excluding hydrogens is 331 g/mol. The third-order valence-corrected chi connectivity index (χ3v) is 4.64. The molecule has 1 atom stereocenters. The van der Waals surface area contributed by atoms with Crippen molar-refractivity contribution in [2.24, 2.45) is 5.92 Å². The van der Waals surface area contributed by atoms with Crippen LogP contribution in [0.1, 0.15) is 34.3 Å². The second kappa shape index (κ2) is 7.68. The summed E-state index contributed by atoms with van der Waals surface area (Å²) in [5.74, 6) is -0.895. The number of rotatable bonds is 3. The Bertz CT molecular complexity index is 814. The minimum absolute atomic E-state index is 0.0416. The molecule has 0 aromatic heterocycles. The zero-order valence-electron chi connectivity index (χ0n) is 15.1. The minimum atomic E-state index is -0.391. The lowest BCUT2D eigenvalue weighted by Crippen LogP contribution is -2.43. The van der Waals surface area contributed by atoms with Crippen LogP contribution < -0.4 is 5.32 Å². The topological polar surface area (TPSA) is 49.4 Å². The quantitative estimate of drug-likeness (QED) is 0.908. The number of piperidine rings is 1. The summed E-state index contributed by atoms with van der Waals surface area (Å²) in [7, 11) is 0. The second-order valence-electron chi connectivity index (χ2n) is 6.97. The third kappa shape index (κ3) is 4.28. The van der Waals surface area contributed by atoms with Gasteiger partial charge in [0.2, 0.25) is 5.91 Å². The minimum Gasteiger partial charge on any atom is -0.338 e. The fourth-order valence-corrected chi connectivity index (χ4v) is 3.47. The zero-order valence-corrected chi connectivity index (χ0v) is 15.1. The van der Waals surface area contributed by atoms with Gasteiger partial charge in [0.1, 0.15) is 5.82 Å². The number of amides is 2. The maximum absolute atomic E-state index is 13.3. The van der Waals surface area contributed by atoms with Gasteiger partial charge in [0.25, 0.3) is 5.91 Å². The first-order valence-electron chi connectivity index (χ1n) is 8.86. The number of benzene rings is 2. The number of likely N-dealkylation sites (tertiary alicyclic amines) is 1. The molecule has 26 heavy (non-hydrogen) atoms. The average Bonchev–Trinajstić information content (AvgIpc) is 2.60. The van der Waals surface area contributed by atoms with Crippen molar-refractivity contribution in [1.29, 1.82) is 0 Å². The van der Waals surface area contributed by atoms with Crippen molar-refractivity contribution in [2.45, 2.75) is 26.7 Å². The van der Waals surface area contributed by atoms with Gasteiger partial charge < -0.3 is 10.2 Å².